The molecule has 4 heteroatoms. The number of hydrogen-bond donors (Lipinski definition) is 0. The highest BCUT2D eigenvalue weighted by atomic mass is 35.6. The molecule has 0 aliphatic carbocycles. The lowest BCUT2D eigenvalue weighted by atomic mass is 10.4. The van der Waals surface area contributed by atoms with Gasteiger partial charge in [-0.25, -0.2) is 0 Å². The van der Waals surface area contributed by atoms with Crippen molar-refractivity contribution in [3.8, 4) is 0 Å². The van der Waals surface area contributed by atoms with Crippen LogP contribution in [0.25, 0.3) is 0 Å². The zero-order chi connectivity index (χ0) is 8.53. The Hall–Kier alpha value is 0.234. The number of halogens is 2. The molecule has 62 valence electrons. The standard InChI is InChI=1S/C6H7ClSi.CH5ClSi/c7-8-6-4-2-1-3-5-6;1-3-2/h1-5H,8H2;3H2,1H3. The predicted molar refractivity (Wildman–Crippen MR) is 60.7 cm³/mol. The Morgan fingerprint density at radius 1 is 1.09 bits per heavy atom. The van der Waals surface area contributed by atoms with E-state index in [4.69, 9.17) is 22.2 Å². The SMILES string of the molecule is C[SiH2]Cl.Cl[SiH2]c1ccccc1. The van der Waals surface area contributed by atoms with Gasteiger partial charge in [0.2, 0.25) is 0 Å². The van der Waals surface area contributed by atoms with Gasteiger partial charge in [0.15, 0.2) is 8.83 Å². The molecule has 0 heterocycles. The van der Waals surface area contributed by atoms with Crippen molar-refractivity contribution in [2.24, 2.45) is 0 Å². The van der Waals surface area contributed by atoms with Crippen molar-refractivity contribution in [2.45, 2.75) is 6.55 Å². The van der Waals surface area contributed by atoms with Gasteiger partial charge < -0.3 is 0 Å². The van der Waals surface area contributed by atoms with Crippen LogP contribution in [0.15, 0.2) is 30.3 Å². The van der Waals surface area contributed by atoms with Crippen LogP contribution in [-0.4, -0.2) is 17.7 Å². The van der Waals surface area contributed by atoms with Crippen LogP contribution in [0, 0.1) is 0 Å². The van der Waals surface area contributed by atoms with Gasteiger partial charge in [-0.2, -0.15) is 22.2 Å². The second-order valence-electron chi connectivity index (χ2n) is 1.89. The number of rotatable bonds is 1. The van der Waals surface area contributed by atoms with Gasteiger partial charge in [-0.3, -0.25) is 0 Å². The molecule has 0 spiro atoms. The summed E-state index contributed by atoms with van der Waals surface area (Å²) in [5.74, 6) is 0. The van der Waals surface area contributed by atoms with E-state index in [0.717, 1.165) is 0 Å². The normalized spacial score (nSPS) is 10.5. The van der Waals surface area contributed by atoms with E-state index in [2.05, 4.69) is 12.1 Å². The van der Waals surface area contributed by atoms with Crippen molar-refractivity contribution < 1.29 is 0 Å². The summed E-state index contributed by atoms with van der Waals surface area (Å²) in [4.78, 5) is 0. The molecule has 0 bridgehead atoms. The molecule has 0 aliphatic heterocycles. The predicted octanol–water partition coefficient (Wildman–Crippen LogP) is 0.992. The first-order valence-electron chi connectivity index (χ1n) is 3.51. The van der Waals surface area contributed by atoms with Crippen molar-refractivity contribution in [1.82, 2.24) is 0 Å². The van der Waals surface area contributed by atoms with Crippen molar-refractivity contribution in [1.29, 1.82) is 0 Å². The molecule has 1 rings (SSSR count). The first-order valence-corrected chi connectivity index (χ1v) is 9.90. The fourth-order valence-corrected chi connectivity index (χ4v) is 1.55. The topological polar surface area (TPSA) is 0 Å². The maximum atomic E-state index is 5.67. The van der Waals surface area contributed by atoms with E-state index in [-0.39, 0.29) is 8.83 Å². The first-order chi connectivity index (χ1) is 5.35. The van der Waals surface area contributed by atoms with Gasteiger partial charge in [-0.1, -0.05) is 36.9 Å². The summed E-state index contributed by atoms with van der Waals surface area (Å²) in [7, 11) is -0.548. The molecule has 0 N–H and O–H groups in total. The molecule has 0 nitrogen and oxygen atoms in total. The molecule has 0 saturated carbocycles. The molecule has 0 amide bonds. The second-order valence-corrected chi connectivity index (χ2v) is 5.91. The van der Waals surface area contributed by atoms with Crippen LogP contribution >= 0.6 is 22.2 Å². The third-order valence-corrected chi connectivity index (χ3v) is 2.70. The molecular formula is C7H12Cl2Si2. The maximum absolute atomic E-state index is 5.67. The smallest absolute Gasteiger partial charge is 0.155 e. The van der Waals surface area contributed by atoms with Gasteiger partial charge in [0.05, 0.1) is 0 Å². The van der Waals surface area contributed by atoms with Gasteiger partial charge in [-0.15, -0.1) is 0 Å². The summed E-state index contributed by atoms with van der Waals surface area (Å²) >= 11 is 10.8. The molecule has 0 aliphatic rings. The van der Waals surface area contributed by atoms with Crippen LogP contribution in [0.2, 0.25) is 6.55 Å². The Morgan fingerprint density at radius 3 is 1.82 bits per heavy atom. The fraction of sp³-hybridized carbons (Fsp3) is 0.143. The van der Waals surface area contributed by atoms with E-state index in [1.165, 1.54) is 5.19 Å². The molecule has 1 aromatic carbocycles. The summed E-state index contributed by atoms with van der Waals surface area (Å²) in [6, 6.07) is 10.2. The average Bonchev–Trinajstić information content (AvgIpc) is 2.08. The summed E-state index contributed by atoms with van der Waals surface area (Å²) in [6.45, 7) is 2.03. The van der Waals surface area contributed by atoms with Crippen LogP contribution in [0.1, 0.15) is 0 Å². The van der Waals surface area contributed by atoms with Gasteiger partial charge in [0.25, 0.3) is 0 Å². The Morgan fingerprint density at radius 2 is 1.55 bits per heavy atom. The lowest BCUT2D eigenvalue weighted by Gasteiger charge is -1.87. The Kier molecular flexibility index (Phi) is 8.51. The summed E-state index contributed by atoms with van der Waals surface area (Å²) in [5, 5.41) is 1.31. The molecular weight excluding hydrogens is 211 g/mol. The van der Waals surface area contributed by atoms with Crippen molar-refractivity contribution in [3.05, 3.63) is 30.3 Å². The molecule has 0 radical (unpaired) electrons. The lowest BCUT2D eigenvalue weighted by molar-refractivity contribution is 1.77. The Labute approximate surface area is 82.0 Å². The Balaban J connectivity index is 0.000000292. The molecule has 0 saturated heterocycles. The van der Waals surface area contributed by atoms with E-state index in [1.807, 2.05) is 24.7 Å². The minimum atomic E-state index is -0.437. The van der Waals surface area contributed by atoms with Gasteiger partial charge in [-0.05, 0) is 5.19 Å². The van der Waals surface area contributed by atoms with Crippen LogP contribution < -0.4 is 5.19 Å². The highest BCUT2D eigenvalue weighted by Gasteiger charge is 1.83. The number of benzene rings is 1. The van der Waals surface area contributed by atoms with Gasteiger partial charge in [0.1, 0.15) is 8.83 Å². The molecule has 0 aromatic heterocycles. The number of hydrogen-bond acceptors (Lipinski definition) is 0. The van der Waals surface area contributed by atoms with E-state index in [0.29, 0.717) is 0 Å². The second kappa shape index (κ2) is 8.33. The average molecular weight is 223 g/mol. The summed E-state index contributed by atoms with van der Waals surface area (Å²) in [5.41, 5.74) is 0. The fourth-order valence-electron chi connectivity index (χ4n) is 0.567. The Bertz CT molecular complexity index is 167. The highest BCUT2D eigenvalue weighted by molar-refractivity contribution is 7.01. The molecule has 0 atom stereocenters. The zero-order valence-corrected chi connectivity index (χ0v) is 10.9. The minimum Gasteiger partial charge on any atom is -0.176 e. The van der Waals surface area contributed by atoms with E-state index in [1.54, 1.807) is 0 Å². The first kappa shape index (κ1) is 11.2. The minimum absolute atomic E-state index is 0.111. The quantitative estimate of drug-likeness (QED) is 0.492. The van der Waals surface area contributed by atoms with E-state index < -0.39 is 8.83 Å². The zero-order valence-electron chi connectivity index (χ0n) is 6.56. The van der Waals surface area contributed by atoms with E-state index >= 15 is 0 Å². The van der Waals surface area contributed by atoms with Crippen LogP contribution in [0.4, 0.5) is 0 Å². The van der Waals surface area contributed by atoms with Gasteiger partial charge >= 0.3 is 0 Å². The lowest BCUT2D eigenvalue weighted by Crippen LogP contribution is -2.05. The third-order valence-electron chi connectivity index (χ3n) is 0.997. The molecule has 1 aromatic rings. The largest absolute Gasteiger partial charge is 0.176 e. The summed E-state index contributed by atoms with van der Waals surface area (Å²) in [6.07, 6.45) is 0. The molecule has 11 heavy (non-hydrogen) atoms. The maximum Gasteiger partial charge on any atom is 0.155 e. The molecule has 0 fully saturated rings. The third kappa shape index (κ3) is 6.62. The van der Waals surface area contributed by atoms with Crippen LogP contribution in [-0.2, 0) is 0 Å². The highest BCUT2D eigenvalue weighted by Crippen LogP contribution is 1.81. The van der Waals surface area contributed by atoms with Crippen molar-refractivity contribution in [2.75, 3.05) is 0 Å². The van der Waals surface area contributed by atoms with Crippen molar-refractivity contribution in [3.63, 3.8) is 0 Å². The van der Waals surface area contributed by atoms with Crippen LogP contribution in [0.5, 0.6) is 0 Å². The monoisotopic (exact) mass is 222 g/mol. The van der Waals surface area contributed by atoms with Crippen LogP contribution in [0.3, 0.4) is 0 Å². The van der Waals surface area contributed by atoms with Crippen molar-refractivity contribution >= 4 is 45.0 Å². The van der Waals surface area contributed by atoms with E-state index in [9.17, 15) is 0 Å². The summed E-state index contributed by atoms with van der Waals surface area (Å²) < 4.78 is 0. The molecule has 0 unspecified atom stereocenters. The van der Waals surface area contributed by atoms with Gasteiger partial charge in [0, 0.05) is 0 Å².